The number of hydrogen-bond acceptors (Lipinski definition) is 4. The molecule has 0 radical (unpaired) electrons. The monoisotopic (exact) mass is 231 g/mol. The van der Waals surface area contributed by atoms with E-state index in [1.165, 1.54) is 0 Å². The summed E-state index contributed by atoms with van der Waals surface area (Å²) in [7, 11) is 2.09. The number of aromatic nitrogens is 3. The van der Waals surface area contributed by atoms with Gasteiger partial charge in [0.05, 0.1) is 5.39 Å². The average molecular weight is 231 g/mol. The van der Waals surface area contributed by atoms with Gasteiger partial charge in [-0.05, 0) is 25.3 Å². The Balaban J connectivity index is 1.95. The molecule has 0 aromatic carbocycles. The van der Waals surface area contributed by atoms with E-state index in [4.69, 9.17) is 5.73 Å². The maximum Gasteiger partial charge on any atom is 0.142 e. The van der Waals surface area contributed by atoms with Crippen LogP contribution in [0.3, 0.4) is 0 Å². The Morgan fingerprint density at radius 3 is 3.06 bits per heavy atom. The van der Waals surface area contributed by atoms with Gasteiger partial charge in [0.15, 0.2) is 0 Å². The van der Waals surface area contributed by atoms with Gasteiger partial charge in [0, 0.05) is 25.3 Å². The first kappa shape index (κ1) is 10.5. The maximum absolute atomic E-state index is 5.97. The molecule has 0 bridgehead atoms. The first-order chi connectivity index (χ1) is 8.25. The Labute approximate surface area is 100 Å². The van der Waals surface area contributed by atoms with Crippen molar-refractivity contribution in [2.75, 3.05) is 11.9 Å². The number of H-pyrrole nitrogens is 1. The summed E-state index contributed by atoms with van der Waals surface area (Å²) in [6.45, 7) is 0. The van der Waals surface area contributed by atoms with Gasteiger partial charge in [0.2, 0.25) is 0 Å². The fourth-order valence-electron chi connectivity index (χ4n) is 2.66. The number of aromatic amines is 1. The SMILES string of the molecule is CN(c1ncnc2[nH]ccc12)C1CCC(N)C1. The van der Waals surface area contributed by atoms with Crippen molar-refractivity contribution in [1.82, 2.24) is 15.0 Å². The molecule has 90 valence electrons. The first-order valence-corrected chi connectivity index (χ1v) is 6.02. The zero-order valence-corrected chi connectivity index (χ0v) is 9.93. The predicted octanol–water partition coefficient (Wildman–Crippen LogP) is 1.27. The molecule has 2 atom stereocenters. The van der Waals surface area contributed by atoms with Crippen LogP contribution in [-0.4, -0.2) is 34.1 Å². The fourth-order valence-corrected chi connectivity index (χ4v) is 2.66. The minimum atomic E-state index is 0.339. The molecule has 3 N–H and O–H groups in total. The van der Waals surface area contributed by atoms with Gasteiger partial charge in [0.1, 0.15) is 17.8 Å². The van der Waals surface area contributed by atoms with Gasteiger partial charge >= 0.3 is 0 Å². The molecule has 0 saturated heterocycles. The lowest BCUT2D eigenvalue weighted by atomic mass is 10.2. The molecule has 1 fully saturated rings. The summed E-state index contributed by atoms with van der Waals surface area (Å²) in [6.07, 6.45) is 6.81. The Bertz CT molecular complexity index is 520. The Kier molecular flexibility index (Phi) is 2.48. The van der Waals surface area contributed by atoms with Crippen molar-refractivity contribution in [3.8, 4) is 0 Å². The molecule has 1 saturated carbocycles. The van der Waals surface area contributed by atoms with Crippen LogP contribution >= 0.6 is 0 Å². The number of nitrogens with one attached hydrogen (secondary N) is 1. The van der Waals surface area contributed by atoms with E-state index < -0.39 is 0 Å². The Morgan fingerprint density at radius 2 is 2.29 bits per heavy atom. The van der Waals surface area contributed by atoms with Crippen LogP contribution in [0.1, 0.15) is 19.3 Å². The molecule has 5 nitrogen and oxygen atoms in total. The van der Waals surface area contributed by atoms with Gasteiger partial charge in [-0.2, -0.15) is 0 Å². The molecular weight excluding hydrogens is 214 g/mol. The quantitative estimate of drug-likeness (QED) is 0.816. The molecule has 1 aliphatic carbocycles. The van der Waals surface area contributed by atoms with Crippen LogP contribution in [0.25, 0.3) is 11.0 Å². The smallest absolute Gasteiger partial charge is 0.142 e. The summed E-state index contributed by atoms with van der Waals surface area (Å²) >= 11 is 0. The third kappa shape index (κ3) is 1.76. The van der Waals surface area contributed by atoms with Crippen LogP contribution in [0.4, 0.5) is 5.82 Å². The van der Waals surface area contributed by atoms with E-state index in [0.717, 1.165) is 36.1 Å². The lowest BCUT2D eigenvalue weighted by Gasteiger charge is -2.25. The second-order valence-electron chi connectivity index (χ2n) is 4.78. The summed E-state index contributed by atoms with van der Waals surface area (Å²) in [5.41, 5.74) is 6.86. The van der Waals surface area contributed by atoms with Gasteiger partial charge in [-0.1, -0.05) is 0 Å². The summed E-state index contributed by atoms with van der Waals surface area (Å²) in [5.74, 6) is 0.996. The summed E-state index contributed by atoms with van der Waals surface area (Å²) in [4.78, 5) is 14.0. The molecule has 1 aliphatic rings. The number of anilines is 1. The van der Waals surface area contributed by atoms with Gasteiger partial charge in [-0.3, -0.25) is 0 Å². The molecule has 5 heteroatoms. The van der Waals surface area contributed by atoms with E-state index in [0.29, 0.717) is 12.1 Å². The van der Waals surface area contributed by atoms with Crippen molar-refractivity contribution in [2.45, 2.75) is 31.3 Å². The van der Waals surface area contributed by atoms with Crippen LogP contribution in [-0.2, 0) is 0 Å². The zero-order chi connectivity index (χ0) is 11.8. The number of rotatable bonds is 2. The Hall–Kier alpha value is -1.62. The average Bonchev–Trinajstić information content (AvgIpc) is 2.95. The lowest BCUT2D eigenvalue weighted by Crippen LogP contribution is -2.31. The molecule has 0 aliphatic heterocycles. The predicted molar refractivity (Wildman–Crippen MR) is 67.9 cm³/mol. The second-order valence-corrected chi connectivity index (χ2v) is 4.78. The second kappa shape index (κ2) is 4.00. The van der Waals surface area contributed by atoms with E-state index in [9.17, 15) is 0 Å². The number of nitrogens with two attached hydrogens (primary N) is 1. The summed E-state index contributed by atoms with van der Waals surface area (Å²) in [6, 6.07) is 2.86. The molecule has 0 amide bonds. The third-order valence-corrected chi connectivity index (χ3v) is 3.66. The molecule has 2 heterocycles. The third-order valence-electron chi connectivity index (χ3n) is 3.66. The molecule has 0 spiro atoms. The van der Waals surface area contributed by atoms with Crippen LogP contribution in [0.5, 0.6) is 0 Å². The van der Waals surface area contributed by atoms with Gasteiger partial charge in [-0.25, -0.2) is 9.97 Å². The molecular formula is C12H17N5. The first-order valence-electron chi connectivity index (χ1n) is 6.02. The number of nitrogens with zero attached hydrogens (tertiary/aromatic N) is 3. The van der Waals surface area contributed by atoms with E-state index in [1.54, 1.807) is 6.33 Å². The minimum Gasteiger partial charge on any atom is -0.356 e. The van der Waals surface area contributed by atoms with Crippen LogP contribution in [0.15, 0.2) is 18.6 Å². The number of hydrogen-bond donors (Lipinski definition) is 2. The molecule has 2 aromatic rings. The highest BCUT2D eigenvalue weighted by atomic mass is 15.2. The van der Waals surface area contributed by atoms with Crippen LogP contribution in [0, 0.1) is 0 Å². The Morgan fingerprint density at radius 1 is 1.41 bits per heavy atom. The highest BCUT2D eigenvalue weighted by Crippen LogP contribution is 2.28. The zero-order valence-electron chi connectivity index (χ0n) is 9.93. The van der Waals surface area contributed by atoms with E-state index >= 15 is 0 Å². The highest BCUT2D eigenvalue weighted by molar-refractivity contribution is 5.87. The van der Waals surface area contributed by atoms with Gasteiger partial charge in [-0.15, -0.1) is 0 Å². The van der Waals surface area contributed by atoms with E-state index in [-0.39, 0.29) is 0 Å². The standard InChI is InChI=1S/C12H17N5/c1-17(9-3-2-8(13)6-9)12-10-4-5-14-11(10)15-7-16-12/h4-5,7-9H,2-3,6,13H2,1H3,(H,14,15,16). The van der Waals surface area contributed by atoms with Crippen molar-refractivity contribution >= 4 is 16.9 Å². The topological polar surface area (TPSA) is 70.8 Å². The molecule has 2 aromatic heterocycles. The van der Waals surface area contributed by atoms with Crippen molar-refractivity contribution in [2.24, 2.45) is 5.73 Å². The van der Waals surface area contributed by atoms with Crippen molar-refractivity contribution in [3.63, 3.8) is 0 Å². The summed E-state index contributed by atoms with van der Waals surface area (Å²) in [5, 5.41) is 1.08. The van der Waals surface area contributed by atoms with Gasteiger partial charge in [0.25, 0.3) is 0 Å². The maximum atomic E-state index is 5.97. The van der Waals surface area contributed by atoms with Crippen molar-refractivity contribution < 1.29 is 0 Å². The van der Waals surface area contributed by atoms with Crippen molar-refractivity contribution in [1.29, 1.82) is 0 Å². The van der Waals surface area contributed by atoms with Crippen LogP contribution < -0.4 is 10.6 Å². The molecule has 17 heavy (non-hydrogen) atoms. The van der Waals surface area contributed by atoms with E-state index in [2.05, 4.69) is 26.9 Å². The minimum absolute atomic E-state index is 0.339. The van der Waals surface area contributed by atoms with Gasteiger partial charge < -0.3 is 15.6 Å². The number of fused-ring (bicyclic) bond motifs is 1. The highest BCUT2D eigenvalue weighted by Gasteiger charge is 2.26. The summed E-state index contributed by atoms with van der Waals surface area (Å²) < 4.78 is 0. The fraction of sp³-hybridized carbons (Fsp3) is 0.500. The molecule has 3 rings (SSSR count). The van der Waals surface area contributed by atoms with Crippen LogP contribution in [0.2, 0.25) is 0 Å². The molecule has 2 unspecified atom stereocenters. The van der Waals surface area contributed by atoms with Crippen molar-refractivity contribution in [3.05, 3.63) is 18.6 Å². The lowest BCUT2D eigenvalue weighted by molar-refractivity contribution is 0.628. The van der Waals surface area contributed by atoms with E-state index in [1.807, 2.05) is 12.3 Å². The largest absolute Gasteiger partial charge is 0.356 e. The normalized spacial score (nSPS) is 24.4.